The topological polar surface area (TPSA) is 4.41 Å². The van der Waals surface area contributed by atoms with Gasteiger partial charge < -0.3 is 4.40 Å². The molecule has 1 heteroatoms. The van der Waals surface area contributed by atoms with Crippen molar-refractivity contribution < 1.29 is 0 Å². The summed E-state index contributed by atoms with van der Waals surface area (Å²) in [6.07, 6.45) is 4.31. The van der Waals surface area contributed by atoms with Crippen LogP contribution < -0.4 is 0 Å². The highest BCUT2D eigenvalue weighted by molar-refractivity contribution is 5.90. The molecule has 0 spiro atoms. The van der Waals surface area contributed by atoms with Crippen LogP contribution in [0, 0.1) is 0 Å². The average molecular weight is 115 g/mol. The third-order valence-corrected chi connectivity index (χ3v) is 1.92. The van der Waals surface area contributed by atoms with Gasteiger partial charge in [-0.05, 0) is 17.5 Å². The van der Waals surface area contributed by atoms with E-state index in [2.05, 4.69) is 35.0 Å². The van der Waals surface area contributed by atoms with Crippen LogP contribution >= 0.6 is 0 Å². The van der Waals surface area contributed by atoms with Crippen molar-refractivity contribution in [2.45, 2.75) is 0 Å². The number of nitrogens with zero attached hydrogens (tertiary/aromatic N) is 1. The van der Waals surface area contributed by atoms with Crippen LogP contribution in [0.25, 0.3) is 16.3 Å². The molecule has 0 atom stereocenters. The van der Waals surface area contributed by atoms with Crippen molar-refractivity contribution in [1.29, 1.82) is 0 Å². The van der Waals surface area contributed by atoms with Crippen molar-refractivity contribution >= 4 is 16.3 Å². The van der Waals surface area contributed by atoms with Crippen LogP contribution in [0.3, 0.4) is 0 Å². The Hall–Kier alpha value is -1.24. The fraction of sp³-hybridized carbons (Fsp3) is 0. The molecule has 0 N–H and O–H groups in total. The van der Waals surface area contributed by atoms with Crippen molar-refractivity contribution in [3.8, 4) is 0 Å². The highest BCUT2D eigenvalue weighted by Crippen LogP contribution is 2.23. The van der Waals surface area contributed by atoms with E-state index in [0.29, 0.717) is 0 Å². The second-order valence-corrected chi connectivity index (χ2v) is 2.48. The van der Waals surface area contributed by atoms with E-state index in [9.17, 15) is 0 Å². The van der Waals surface area contributed by atoms with Gasteiger partial charge in [0.2, 0.25) is 0 Å². The molecular formula is C8H5N. The van der Waals surface area contributed by atoms with Gasteiger partial charge in [0, 0.05) is 23.3 Å². The molecule has 0 aliphatic rings. The summed E-state index contributed by atoms with van der Waals surface area (Å²) in [5.74, 6) is 0. The van der Waals surface area contributed by atoms with Gasteiger partial charge in [-0.25, -0.2) is 0 Å². The molecule has 0 amide bonds. The molecule has 4 bridgehead atoms. The van der Waals surface area contributed by atoms with Crippen LogP contribution in [0.1, 0.15) is 0 Å². The van der Waals surface area contributed by atoms with Crippen molar-refractivity contribution in [2.24, 2.45) is 0 Å². The van der Waals surface area contributed by atoms with E-state index in [1.165, 1.54) is 16.3 Å². The van der Waals surface area contributed by atoms with Crippen LogP contribution in [0.15, 0.2) is 30.6 Å². The van der Waals surface area contributed by atoms with Gasteiger partial charge in [-0.15, -0.1) is 0 Å². The summed E-state index contributed by atoms with van der Waals surface area (Å²) in [6, 6.07) is 6.50. The Morgan fingerprint density at radius 3 is 2.33 bits per heavy atom. The fourth-order valence-corrected chi connectivity index (χ4v) is 1.44. The van der Waals surface area contributed by atoms with E-state index in [-0.39, 0.29) is 0 Å². The second-order valence-electron chi connectivity index (χ2n) is 2.48. The lowest BCUT2D eigenvalue weighted by Crippen LogP contribution is -1.76. The van der Waals surface area contributed by atoms with Gasteiger partial charge in [0.15, 0.2) is 0 Å². The lowest BCUT2D eigenvalue weighted by Gasteiger charge is -1.93. The fourth-order valence-electron chi connectivity index (χ4n) is 1.44. The number of benzene rings is 1. The third-order valence-electron chi connectivity index (χ3n) is 1.92. The molecule has 4 rings (SSSR count). The lowest BCUT2D eigenvalue weighted by atomic mass is 10.2. The first-order valence-electron chi connectivity index (χ1n) is 3.06. The van der Waals surface area contributed by atoms with Gasteiger partial charge in [-0.1, -0.05) is 6.07 Å². The molecule has 0 saturated carbocycles. The SMILES string of the molecule is c1cc2cc3cn2cc13. The number of fused-ring (bicyclic) bond motifs is 1. The molecule has 3 aromatic heterocycles. The van der Waals surface area contributed by atoms with E-state index in [0.717, 1.165) is 0 Å². The van der Waals surface area contributed by atoms with E-state index in [1.54, 1.807) is 0 Å². The summed E-state index contributed by atoms with van der Waals surface area (Å²) in [6.45, 7) is 0. The van der Waals surface area contributed by atoms with Gasteiger partial charge in [0.25, 0.3) is 0 Å². The first-order valence-corrected chi connectivity index (χ1v) is 3.06. The minimum absolute atomic E-state index is 1.31. The van der Waals surface area contributed by atoms with Crippen LogP contribution in [0.5, 0.6) is 0 Å². The van der Waals surface area contributed by atoms with Crippen molar-refractivity contribution in [2.75, 3.05) is 0 Å². The smallest absolute Gasteiger partial charge is 0.0456 e. The predicted molar refractivity (Wildman–Crippen MR) is 37.3 cm³/mol. The van der Waals surface area contributed by atoms with Crippen LogP contribution in [-0.2, 0) is 0 Å². The van der Waals surface area contributed by atoms with Gasteiger partial charge in [-0.3, -0.25) is 0 Å². The molecular weight excluding hydrogens is 110 g/mol. The van der Waals surface area contributed by atoms with Crippen molar-refractivity contribution in [1.82, 2.24) is 4.40 Å². The molecule has 42 valence electrons. The summed E-state index contributed by atoms with van der Waals surface area (Å²) in [5.41, 5.74) is 1.31. The molecule has 0 radical (unpaired) electrons. The largest absolute Gasteiger partial charge is 0.323 e. The molecule has 0 aliphatic heterocycles. The van der Waals surface area contributed by atoms with Gasteiger partial charge >= 0.3 is 0 Å². The van der Waals surface area contributed by atoms with Gasteiger partial charge in [-0.2, -0.15) is 0 Å². The summed E-state index contributed by atoms with van der Waals surface area (Å²) >= 11 is 0. The molecule has 3 heterocycles. The Bertz CT molecular complexity index is 353. The van der Waals surface area contributed by atoms with E-state index in [4.69, 9.17) is 0 Å². The zero-order valence-electron chi connectivity index (χ0n) is 4.83. The summed E-state index contributed by atoms with van der Waals surface area (Å²) in [4.78, 5) is 0. The standard InChI is InChI=1S/C8H5N/c1-2-8-3-7-5-9(8)4-6(1)7/h1-5H. The quantitative estimate of drug-likeness (QED) is 0.422. The van der Waals surface area contributed by atoms with E-state index in [1.807, 2.05) is 0 Å². The summed E-state index contributed by atoms with van der Waals surface area (Å²) in [7, 11) is 0. The number of hydrogen-bond acceptors (Lipinski definition) is 0. The maximum Gasteiger partial charge on any atom is 0.0456 e. The molecule has 1 nitrogen and oxygen atoms in total. The Morgan fingerprint density at radius 1 is 1.00 bits per heavy atom. The Labute approximate surface area is 52.2 Å². The third kappa shape index (κ3) is 0.271. The second kappa shape index (κ2) is 0.903. The number of aromatic nitrogens is 1. The van der Waals surface area contributed by atoms with E-state index >= 15 is 0 Å². The van der Waals surface area contributed by atoms with Crippen molar-refractivity contribution in [3.63, 3.8) is 0 Å². The van der Waals surface area contributed by atoms with Gasteiger partial charge in [0.05, 0.1) is 0 Å². The Balaban J connectivity index is 3.02. The highest BCUT2D eigenvalue weighted by atomic mass is 14.9. The van der Waals surface area contributed by atoms with Crippen molar-refractivity contribution in [3.05, 3.63) is 30.6 Å². The zero-order chi connectivity index (χ0) is 5.84. The lowest BCUT2D eigenvalue weighted by molar-refractivity contribution is 1.24. The normalized spacial score (nSPS) is 12.4. The highest BCUT2D eigenvalue weighted by Gasteiger charge is 2.02. The Kier molecular flexibility index (Phi) is 0.374. The molecule has 0 saturated heterocycles. The molecule has 0 unspecified atom stereocenters. The molecule has 9 heavy (non-hydrogen) atoms. The molecule has 0 aliphatic carbocycles. The van der Waals surface area contributed by atoms with Crippen LogP contribution in [0.2, 0.25) is 0 Å². The number of hydrogen-bond donors (Lipinski definition) is 0. The predicted octanol–water partition coefficient (Wildman–Crippen LogP) is 1.97. The van der Waals surface area contributed by atoms with Crippen LogP contribution in [-0.4, -0.2) is 4.40 Å². The maximum absolute atomic E-state index is 2.20. The molecule has 4 aromatic rings. The molecule has 0 fully saturated rings. The first kappa shape index (κ1) is 3.72. The van der Waals surface area contributed by atoms with E-state index < -0.39 is 0 Å². The first-order chi connectivity index (χ1) is 4.43. The average Bonchev–Trinajstić information content (AvgIpc) is 2.40. The minimum atomic E-state index is 1.31. The molecule has 1 aromatic carbocycles. The number of rotatable bonds is 0. The zero-order valence-corrected chi connectivity index (χ0v) is 4.83. The minimum Gasteiger partial charge on any atom is -0.323 e. The monoisotopic (exact) mass is 115 g/mol. The number of pyridine rings is 2. The summed E-state index contributed by atoms with van der Waals surface area (Å²) < 4.78 is 2.16. The summed E-state index contributed by atoms with van der Waals surface area (Å²) in [5, 5.41) is 2.72. The Morgan fingerprint density at radius 2 is 1.89 bits per heavy atom. The maximum atomic E-state index is 2.20. The van der Waals surface area contributed by atoms with Gasteiger partial charge in [0.1, 0.15) is 0 Å². The van der Waals surface area contributed by atoms with Crippen LogP contribution in [0.4, 0.5) is 0 Å².